The summed E-state index contributed by atoms with van der Waals surface area (Å²) in [6.07, 6.45) is 2.22. The van der Waals surface area contributed by atoms with Crippen molar-refractivity contribution in [3.8, 4) is 17.4 Å². The van der Waals surface area contributed by atoms with Crippen LogP contribution in [0.3, 0.4) is 0 Å². The summed E-state index contributed by atoms with van der Waals surface area (Å²) in [6, 6.07) is 1.68. The highest BCUT2D eigenvalue weighted by Crippen LogP contribution is 2.28. The lowest BCUT2D eigenvalue weighted by Gasteiger charge is -2.10. The van der Waals surface area contributed by atoms with Crippen LogP contribution in [0.4, 0.5) is 0 Å². The zero-order chi connectivity index (χ0) is 14.7. The summed E-state index contributed by atoms with van der Waals surface area (Å²) >= 11 is 9.58. The van der Waals surface area contributed by atoms with Crippen molar-refractivity contribution in [3.05, 3.63) is 27.7 Å². The summed E-state index contributed by atoms with van der Waals surface area (Å²) in [6.45, 7) is 4.24. The summed E-state index contributed by atoms with van der Waals surface area (Å²) in [5.41, 5.74) is 1.45. The zero-order valence-electron chi connectivity index (χ0n) is 11.4. The summed E-state index contributed by atoms with van der Waals surface area (Å²) in [4.78, 5) is 16.9. The fraction of sp³-hybridized carbons (Fsp3) is 0.385. The van der Waals surface area contributed by atoms with Gasteiger partial charge in [-0.2, -0.15) is 0 Å². The Labute approximate surface area is 130 Å². The average molecular weight is 358 g/mol. The van der Waals surface area contributed by atoms with Crippen LogP contribution in [-0.4, -0.2) is 27.0 Å². The van der Waals surface area contributed by atoms with Crippen LogP contribution in [0.15, 0.2) is 16.9 Å². The van der Waals surface area contributed by atoms with Crippen molar-refractivity contribution in [3.63, 3.8) is 0 Å². The third-order valence-corrected chi connectivity index (χ3v) is 3.90. The topological polar surface area (TPSA) is 60.8 Å². The monoisotopic (exact) mass is 356 g/mol. The Morgan fingerprint density at radius 2 is 2.05 bits per heavy atom. The molecule has 2 aromatic heterocycles. The van der Waals surface area contributed by atoms with E-state index in [1.807, 2.05) is 0 Å². The number of halogens is 2. The number of hydrogen-bond acceptors (Lipinski definition) is 5. The molecule has 0 fully saturated rings. The van der Waals surface area contributed by atoms with Crippen LogP contribution in [-0.2, 0) is 6.42 Å². The largest absolute Gasteiger partial charge is 0.481 e. The molecule has 106 valence electrons. The maximum Gasteiger partial charge on any atom is 0.216 e. The maximum absolute atomic E-state index is 6.15. The number of nitrogens with zero attached hydrogens (tertiary/aromatic N) is 4. The predicted molar refractivity (Wildman–Crippen MR) is 80.9 cm³/mol. The zero-order valence-corrected chi connectivity index (χ0v) is 13.7. The number of aromatic nitrogens is 4. The molecule has 0 amide bonds. The smallest absolute Gasteiger partial charge is 0.216 e. The molecule has 0 bridgehead atoms. The van der Waals surface area contributed by atoms with Crippen molar-refractivity contribution in [1.82, 2.24) is 19.9 Å². The molecule has 0 atom stereocenters. The van der Waals surface area contributed by atoms with Gasteiger partial charge in [0.15, 0.2) is 5.82 Å². The van der Waals surface area contributed by atoms with Gasteiger partial charge in [-0.3, -0.25) is 0 Å². The molecule has 0 aromatic carbocycles. The van der Waals surface area contributed by atoms with E-state index in [9.17, 15) is 0 Å². The highest BCUT2D eigenvalue weighted by atomic mass is 79.9. The van der Waals surface area contributed by atoms with Crippen LogP contribution >= 0.6 is 27.5 Å². The van der Waals surface area contributed by atoms with Gasteiger partial charge in [0, 0.05) is 6.07 Å². The van der Waals surface area contributed by atoms with E-state index in [1.54, 1.807) is 13.2 Å². The normalized spacial score (nSPS) is 10.9. The van der Waals surface area contributed by atoms with Crippen molar-refractivity contribution in [2.75, 3.05) is 7.11 Å². The molecule has 2 rings (SSSR count). The third-order valence-electron chi connectivity index (χ3n) is 2.56. The first-order chi connectivity index (χ1) is 9.51. The first kappa shape index (κ1) is 15.1. The van der Waals surface area contributed by atoms with E-state index in [-0.39, 0.29) is 0 Å². The lowest BCUT2D eigenvalue weighted by Crippen LogP contribution is -2.03. The second-order valence-corrected chi connectivity index (χ2v) is 5.79. The van der Waals surface area contributed by atoms with Gasteiger partial charge in [-0.25, -0.2) is 19.9 Å². The molecule has 20 heavy (non-hydrogen) atoms. The van der Waals surface area contributed by atoms with E-state index in [2.05, 4.69) is 49.7 Å². The minimum absolute atomic E-state index is 0.378. The number of hydrogen-bond donors (Lipinski definition) is 0. The number of methoxy groups -OCH3 is 1. The van der Waals surface area contributed by atoms with Crippen molar-refractivity contribution in [2.24, 2.45) is 5.92 Å². The summed E-state index contributed by atoms with van der Waals surface area (Å²) in [5, 5.41) is 0.378. The van der Waals surface area contributed by atoms with Crippen LogP contribution in [0.2, 0.25) is 5.15 Å². The van der Waals surface area contributed by atoms with E-state index in [0.29, 0.717) is 28.5 Å². The Bertz CT molecular complexity index is 621. The standard InChI is InChI=1S/C13H14BrClN4O/c1-7(2)4-8-11(14)12(15)19-13(18-8)9-5-10(20-3)17-6-16-9/h5-7H,4H2,1-3H3. The van der Waals surface area contributed by atoms with Crippen molar-refractivity contribution < 1.29 is 4.74 Å². The molecular formula is C13H14BrClN4O. The molecule has 5 nitrogen and oxygen atoms in total. The molecule has 0 aliphatic heterocycles. The van der Waals surface area contributed by atoms with Gasteiger partial charge in [0.05, 0.1) is 17.3 Å². The van der Waals surface area contributed by atoms with Crippen molar-refractivity contribution >= 4 is 27.5 Å². The van der Waals surface area contributed by atoms with Crippen LogP contribution < -0.4 is 4.74 Å². The molecule has 0 unspecified atom stereocenters. The third kappa shape index (κ3) is 3.43. The Morgan fingerprint density at radius 1 is 1.30 bits per heavy atom. The fourth-order valence-corrected chi connectivity index (χ4v) is 2.20. The van der Waals surface area contributed by atoms with Crippen LogP contribution in [0.25, 0.3) is 11.5 Å². The van der Waals surface area contributed by atoms with E-state index in [4.69, 9.17) is 16.3 Å². The first-order valence-corrected chi connectivity index (χ1v) is 7.26. The number of rotatable bonds is 4. The molecule has 0 saturated carbocycles. The maximum atomic E-state index is 6.15. The first-order valence-electron chi connectivity index (χ1n) is 6.09. The van der Waals surface area contributed by atoms with Gasteiger partial charge in [-0.05, 0) is 28.3 Å². The minimum Gasteiger partial charge on any atom is -0.481 e. The second kappa shape index (κ2) is 6.45. The van der Waals surface area contributed by atoms with Crippen LogP contribution in [0, 0.1) is 5.92 Å². The molecule has 7 heteroatoms. The number of ether oxygens (including phenoxy) is 1. The molecule has 0 N–H and O–H groups in total. The molecule has 0 saturated heterocycles. The van der Waals surface area contributed by atoms with E-state index >= 15 is 0 Å². The predicted octanol–water partition coefficient (Wildman–Crippen LogP) is 3.56. The van der Waals surface area contributed by atoms with Crippen molar-refractivity contribution in [1.29, 1.82) is 0 Å². The van der Waals surface area contributed by atoms with Gasteiger partial charge >= 0.3 is 0 Å². The summed E-state index contributed by atoms with van der Waals surface area (Å²) < 4.78 is 5.81. The van der Waals surface area contributed by atoms with Crippen molar-refractivity contribution in [2.45, 2.75) is 20.3 Å². The van der Waals surface area contributed by atoms with Gasteiger partial charge in [-0.15, -0.1) is 0 Å². The molecular weight excluding hydrogens is 344 g/mol. The van der Waals surface area contributed by atoms with Gasteiger partial charge < -0.3 is 4.74 Å². The molecule has 2 aromatic rings. The average Bonchev–Trinajstić information content (AvgIpc) is 2.43. The van der Waals surface area contributed by atoms with Crippen LogP contribution in [0.1, 0.15) is 19.5 Å². The van der Waals surface area contributed by atoms with Gasteiger partial charge in [0.2, 0.25) is 5.88 Å². The molecule has 0 spiro atoms. The van der Waals surface area contributed by atoms with E-state index in [0.717, 1.165) is 16.6 Å². The molecule has 0 aliphatic rings. The molecule has 0 radical (unpaired) electrons. The summed E-state index contributed by atoms with van der Waals surface area (Å²) in [7, 11) is 1.55. The lowest BCUT2D eigenvalue weighted by molar-refractivity contribution is 0.397. The Kier molecular flexibility index (Phi) is 4.88. The van der Waals surface area contributed by atoms with Gasteiger partial charge in [0.1, 0.15) is 17.2 Å². The minimum atomic E-state index is 0.378. The SMILES string of the molecule is COc1cc(-c2nc(Cl)c(Br)c(CC(C)C)n2)ncn1. The highest BCUT2D eigenvalue weighted by Gasteiger charge is 2.14. The fourth-order valence-electron chi connectivity index (χ4n) is 1.67. The van der Waals surface area contributed by atoms with Crippen LogP contribution in [0.5, 0.6) is 5.88 Å². The Hall–Kier alpha value is -1.27. The van der Waals surface area contributed by atoms with E-state index < -0.39 is 0 Å². The van der Waals surface area contributed by atoms with Gasteiger partial charge in [-0.1, -0.05) is 25.4 Å². The molecule has 0 aliphatic carbocycles. The lowest BCUT2D eigenvalue weighted by atomic mass is 10.1. The Balaban J connectivity index is 2.48. The summed E-state index contributed by atoms with van der Waals surface area (Å²) in [5.74, 6) is 1.39. The van der Waals surface area contributed by atoms with E-state index in [1.165, 1.54) is 6.33 Å². The quantitative estimate of drug-likeness (QED) is 0.783. The second-order valence-electron chi connectivity index (χ2n) is 4.64. The highest BCUT2D eigenvalue weighted by molar-refractivity contribution is 9.10. The van der Waals surface area contributed by atoms with Gasteiger partial charge in [0.25, 0.3) is 0 Å². The Morgan fingerprint density at radius 3 is 2.70 bits per heavy atom. The molecule has 2 heterocycles.